The molecule has 166 valence electrons. The van der Waals surface area contributed by atoms with Crippen LogP contribution in [0.2, 0.25) is 10.0 Å². The number of aliphatic hydroxyl groups excluding tert-OH is 1. The summed E-state index contributed by atoms with van der Waals surface area (Å²) < 4.78 is 0. The first-order valence-electron chi connectivity index (χ1n) is 11.3. The topological polar surface area (TPSA) is 23.5 Å². The summed E-state index contributed by atoms with van der Waals surface area (Å²) in [6.45, 7) is 2.16. The Morgan fingerprint density at radius 1 is 0.812 bits per heavy atom. The second-order valence-electron chi connectivity index (χ2n) is 8.41. The Morgan fingerprint density at radius 3 is 1.97 bits per heavy atom. The van der Waals surface area contributed by atoms with Crippen molar-refractivity contribution in [2.24, 2.45) is 0 Å². The number of hydrogen-bond donors (Lipinski definition) is 1. The monoisotopic (exact) mass is 465 g/mol. The summed E-state index contributed by atoms with van der Waals surface area (Å²) in [6.07, 6.45) is 6.02. The van der Waals surface area contributed by atoms with Crippen LogP contribution >= 0.6 is 23.2 Å². The fourth-order valence-electron chi connectivity index (χ4n) is 4.43. The van der Waals surface area contributed by atoms with E-state index >= 15 is 0 Å². The molecule has 0 saturated heterocycles. The van der Waals surface area contributed by atoms with E-state index in [9.17, 15) is 5.11 Å². The molecule has 0 saturated carbocycles. The van der Waals surface area contributed by atoms with Crippen LogP contribution in [0.5, 0.6) is 0 Å². The van der Waals surface area contributed by atoms with Crippen LogP contribution in [0.1, 0.15) is 47.6 Å². The summed E-state index contributed by atoms with van der Waals surface area (Å²) in [4.78, 5) is 2.53. The molecule has 0 amide bonds. The highest BCUT2D eigenvalue weighted by Crippen LogP contribution is 2.32. The normalized spacial score (nSPS) is 15.4. The second-order valence-corrected chi connectivity index (χ2v) is 9.28. The predicted octanol–water partition coefficient (Wildman–Crippen LogP) is 7.19. The molecule has 0 bridgehead atoms. The van der Waals surface area contributed by atoms with Gasteiger partial charge in [-0.2, -0.15) is 0 Å². The zero-order valence-corrected chi connectivity index (χ0v) is 19.7. The molecule has 1 N–H and O–H groups in total. The molecule has 0 spiro atoms. The molecule has 3 aromatic rings. The van der Waals surface area contributed by atoms with E-state index < -0.39 is 0 Å². The molecule has 0 aliphatic carbocycles. The third kappa shape index (κ3) is 6.02. The van der Waals surface area contributed by atoms with Crippen molar-refractivity contribution in [3.8, 4) is 0 Å². The van der Waals surface area contributed by atoms with Gasteiger partial charge in [0.15, 0.2) is 0 Å². The van der Waals surface area contributed by atoms with Crippen molar-refractivity contribution < 1.29 is 5.11 Å². The molecule has 32 heavy (non-hydrogen) atoms. The Morgan fingerprint density at radius 2 is 1.41 bits per heavy atom. The fraction of sp³-hybridized carbons (Fsp3) is 0.286. The summed E-state index contributed by atoms with van der Waals surface area (Å²) in [5, 5.41) is 11.0. The van der Waals surface area contributed by atoms with E-state index in [1.165, 1.54) is 27.8 Å². The van der Waals surface area contributed by atoms with E-state index in [2.05, 4.69) is 59.5 Å². The maximum absolute atomic E-state index is 9.45. The smallest absolute Gasteiger partial charge is 0.0431 e. The largest absolute Gasteiger partial charge is 0.396 e. The lowest BCUT2D eigenvalue weighted by Gasteiger charge is -2.34. The van der Waals surface area contributed by atoms with E-state index in [-0.39, 0.29) is 6.61 Å². The van der Waals surface area contributed by atoms with Crippen LogP contribution in [0, 0.1) is 0 Å². The molecular formula is C28H29Cl2NO. The molecule has 4 rings (SSSR count). The lowest BCUT2D eigenvalue weighted by atomic mass is 9.94. The maximum atomic E-state index is 9.45. The molecule has 0 radical (unpaired) electrons. The molecule has 1 heterocycles. The standard InChI is InChI=1S/C28H29Cl2NO/c29-26-11-5-22(6-12-26)20-21-3-7-25(8-4-21)28(2-1-19-32)31-17-15-24(16-18-31)23-9-13-27(30)14-10-23/h3-15,28,32H,1-2,16-20H2. The lowest BCUT2D eigenvalue weighted by Crippen LogP contribution is -2.33. The van der Waals surface area contributed by atoms with E-state index in [4.69, 9.17) is 23.2 Å². The minimum absolute atomic E-state index is 0.227. The van der Waals surface area contributed by atoms with Crippen molar-refractivity contribution in [2.45, 2.75) is 31.7 Å². The second kappa shape index (κ2) is 11.2. The highest BCUT2D eigenvalue weighted by molar-refractivity contribution is 6.30. The number of rotatable bonds is 8. The highest BCUT2D eigenvalue weighted by atomic mass is 35.5. The Kier molecular flexibility index (Phi) is 8.05. The van der Waals surface area contributed by atoms with Gasteiger partial charge in [0, 0.05) is 35.8 Å². The third-order valence-corrected chi connectivity index (χ3v) is 6.72. The first kappa shape index (κ1) is 23.1. The fourth-order valence-corrected chi connectivity index (χ4v) is 4.69. The Hall–Kier alpha value is -2.10. The number of nitrogens with zero attached hydrogens (tertiary/aromatic N) is 1. The van der Waals surface area contributed by atoms with Crippen LogP contribution in [-0.2, 0) is 6.42 Å². The molecule has 1 unspecified atom stereocenters. The van der Waals surface area contributed by atoms with Gasteiger partial charge in [0.1, 0.15) is 0 Å². The molecule has 0 fully saturated rings. The van der Waals surface area contributed by atoms with Gasteiger partial charge in [-0.25, -0.2) is 0 Å². The summed E-state index contributed by atoms with van der Waals surface area (Å²) >= 11 is 12.0. The van der Waals surface area contributed by atoms with Crippen LogP contribution in [0.3, 0.4) is 0 Å². The molecule has 0 aromatic heterocycles. The van der Waals surface area contributed by atoms with Crippen LogP contribution in [0.25, 0.3) is 5.57 Å². The van der Waals surface area contributed by atoms with Crippen molar-refractivity contribution in [3.05, 3.63) is 111 Å². The van der Waals surface area contributed by atoms with Crippen LogP contribution in [0.15, 0.2) is 78.9 Å². The molecule has 1 aliphatic heterocycles. The quantitative estimate of drug-likeness (QED) is 0.380. The van der Waals surface area contributed by atoms with Crippen molar-refractivity contribution in [1.82, 2.24) is 4.90 Å². The summed E-state index contributed by atoms with van der Waals surface area (Å²) in [6, 6.07) is 25.5. The lowest BCUT2D eigenvalue weighted by molar-refractivity contribution is 0.188. The minimum atomic E-state index is 0.227. The Balaban J connectivity index is 1.46. The van der Waals surface area contributed by atoms with E-state index in [1.54, 1.807) is 0 Å². The summed E-state index contributed by atoms with van der Waals surface area (Å²) in [7, 11) is 0. The van der Waals surface area contributed by atoms with E-state index in [1.807, 2.05) is 24.3 Å². The molecule has 2 nitrogen and oxygen atoms in total. The number of halogens is 2. The van der Waals surface area contributed by atoms with Crippen molar-refractivity contribution in [3.63, 3.8) is 0 Å². The molecular weight excluding hydrogens is 437 g/mol. The number of benzene rings is 3. The first-order valence-corrected chi connectivity index (χ1v) is 12.0. The van der Waals surface area contributed by atoms with Gasteiger partial charge in [0.2, 0.25) is 0 Å². The highest BCUT2D eigenvalue weighted by Gasteiger charge is 2.22. The third-order valence-electron chi connectivity index (χ3n) is 6.22. The van der Waals surface area contributed by atoms with Crippen molar-refractivity contribution in [2.75, 3.05) is 19.7 Å². The van der Waals surface area contributed by atoms with Crippen molar-refractivity contribution in [1.29, 1.82) is 0 Å². The minimum Gasteiger partial charge on any atom is -0.396 e. The molecule has 4 heteroatoms. The SMILES string of the molecule is OCCCC(c1ccc(Cc2ccc(Cl)cc2)cc1)N1CC=C(c2ccc(Cl)cc2)CC1. The predicted molar refractivity (Wildman–Crippen MR) is 135 cm³/mol. The van der Waals surface area contributed by atoms with Crippen LogP contribution in [-0.4, -0.2) is 29.7 Å². The van der Waals surface area contributed by atoms with Gasteiger partial charge in [-0.3, -0.25) is 4.90 Å². The van der Waals surface area contributed by atoms with Crippen molar-refractivity contribution >= 4 is 28.8 Å². The zero-order chi connectivity index (χ0) is 22.3. The van der Waals surface area contributed by atoms with Gasteiger partial charge < -0.3 is 5.11 Å². The van der Waals surface area contributed by atoms with E-state index in [0.29, 0.717) is 6.04 Å². The van der Waals surface area contributed by atoms with Gasteiger partial charge in [0.05, 0.1) is 0 Å². The molecule has 1 aliphatic rings. The first-order chi connectivity index (χ1) is 15.6. The summed E-state index contributed by atoms with van der Waals surface area (Å²) in [5.74, 6) is 0. The number of aliphatic hydroxyl groups is 1. The summed E-state index contributed by atoms with van der Waals surface area (Å²) in [5.41, 5.74) is 6.52. The average molecular weight is 466 g/mol. The van der Waals surface area contributed by atoms with Gasteiger partial charge in [-0.15, -0.1) is 0 Å². The van der Waals surface area contributed by atoms with Gasteiger partial charge in [-0.05, 0) is 77.8 Å². The van der Waals surface area contributed by atoms with E-state index in [0.717, 1.165) is 48.8 Å². The van der Waals surface area contributed by atoms with Crippen LogP contribution in [0.4, 0.5) is 0 Å². The average Bonchev–Trinajstić information content (AvgIpc) is 2.83. The van der Waals surface area contributed by atoms with Gasteiger partial charge >= 0.3 is 0 Å². The maximum Gasteiger partial charge on any atom is 0.0431 e. The Bertz CT molecular complexity index is 1030. The Labute approximate surface area is 201 Å². The number of hydrogen-bond acceptors (Lipinski definition) is 2. The van der Waals surface area contributed by atoms with Crippen LogP contribution < -0.4 is 0 Å². The molecule has 3 aromatic carbocycles. The zero-order valence-electron chi connectivity index (χ0n) is 18.2. The molecule has 1 atom stereocenters. The van der Waals surface area contributed by atoms with Gasteiger partial charge in [0.25, 0.3) is 0 Å². The van der Waals surface area contributed by atoms with Gasteiger partial charge in [-0.1, -0.05) is 77.8 Å².